The fourth-order valence-corrected chi connectivity index (χ4v) is 3.72. The summed E-state index contributed by atoms with van der Waals surface area (Å²) < 4.78 is 2.59. The molecule has 0 fully saturated rings. The van der Waals surface area contributed by atoms with E-state index in [1.165, 1.54) is 0 Å². The third-order valence-corrected chi connectivity index (χ3v) is 5.26. The molecule has 0 aliphatic heterocycles. The van der Waals surface area contributed by atoms with Crippen LogP contribution in [-0.2, 0) is 7.05 Å². The lowest BCUT2D eigenvalue weighted by Gasteiger charge is -2.30. The van der Waals surface area contributed by atoms with E-state index in [-0.39, 0.29) is 12.1 Å². The minimum atomic E-state index is -0.140. The Kier molecular flexibility index (Phi) is 6.41. The quantitative estimate of drug-likeness (QED) is 0.602. The second-order valence-corrected chi connectivity index (χ2v) is 7.38. The zero-order valence-corrected chi connectivity index (χ0v) is 17.7. The first-order chi connectivity index (χ1) is 13.5. The van der Waals surface area contributed by atoms with Gasteiger partial charge in [0.15, 0.2) is 5.82 Å². The highest BCUT2D eigenvalue weighted by molar-refractivity contribution is 9.10. The smallest absolute Gasteiger partial charge is 0.318 e. The SMILES string of the molecule is CCCN(C(=O)Nc1cccc(-c2nnnn2C)c1)C(C)c1ccccc1Br. The molecule has 0 aliphatic carbocycles. The molecule has 1 N–H and O–H groups in total. The summed E-state index contributed by atoms with van der Waals surface area (Å²) >= 11 is 3.59. The van der Waals surface area contributed by atoms with Crippen LogP contribution in [0.25, 0.3) is 11.4 Å². The molecule has 8 heteroatoms. The molecule has 3 rings (SSSR count). The number of hydrogen-bond donors (Lipinski definition) is 1. The summed E-state index contributed by atoms with van der Waals surface area (Å²) in [7, 11) is 1.78. The largest absolute Gasteiger partial charge is 0.322 e. The molecule has 0 aliphatic rings. The Hall–Kier alpha value is -2.74. The van der Waals surface area contributed by atoms with E-state index in [1.54, 1.807) is 11.7 Å². The van der Waals surface area contributed by atoms with Gasteiger partial charge in [-0.2, -0.15) is 0 Å². The average Bonchev–Trinajstić information content (AvgIpc) is 3.12. The van der Waals surface area contributed by atoms with Crippen molar-refractivity contribution in [2.24, 2.45) is 7.05 Å². The van der Waals surface area contributed by atoms with Gasteiger partial charge in [-0.3, -0.25) is 0 Å². The van der Waals surface area contributed by atoms with Crippen molar-refractivity contribution in [2.45, 2.75) is 26.3 Å². The first kappa shape index (κ1) is 20.0. The number of nitrogens with one attached hydrogen (secondary N) is 1. The maximum atomic E-state index is 13.0. The fraction of sp³-hybridized carbons (Fsp3) is 0.300. The van der Waals surface area contributed by atoms with Gasteiger partial charge in [0.05, 0.1) is 6.04 Å². The molecule has 7 nitrogen and oxygen atoms in total. The van der Waals surface area contributed by atoms with Crippen LogP contribution in [0.15, 0.2) is 53.0 Å². The number of hydrogen-bond acceptors (Lipinski definition) is 4. The van der Waals surface area contributed by atoms with E-state index < -0.39 is 0 Å². The van der Waals surface area contributed by atoms with Crippen LogP contribution < -0.4 is 5.32 Å². The van der Waals surface area contributed by atoms with Gasteiger partial charge < -0.3 is 10.2 Å². The van der Waals surface area contributed by atoms with Gasteiger partial charge in [-0.05, 0) is 47.5 Å². The predicted molar refractivity (Wildman–Crippen MR) is 113 cm³/mol. The number of amides is 2. The van der Waals surface area contributed by atoms with Crippen LogP contribution in [0.4, 0.5) is 10.5 Å². The molecule has 0 saturated heterocycles. The van der Waals surface area contributed by atoms with Crippen molar-refractivity contribution >= 4 is 27.6 Å². The Labute approximate surface area is 172 Å². The van der Waals surface area contributed by atoms with E-state index in [2.05, 4.69) is 43.7 Å². The zero-order chi connectivity index (χ0) is 20.1. The highest BCUT2D eigenvalue weighted by Crippen LogP contribution is 2.28. The summed E-state index contributed by atoms with van der Waals surface area (Å²) in [5, 5.41) is 14.6. The number of nitrogens with zero attached hydrogens (tertiary/aromatic N) is 5. The number of tetrazole rings is 1. The minimum absolute atomic E-state index is 0.0679. The Morgan fingerprint density at radius 3 is 2.71 bits per heavy atom. The van der Waals surface area contributed by atoms with Crippen molar-refractivity contribution < 1.29 is 4.79 Å². The van der Waals surface area contributed by atoms with Crippen molar-refractivity contribution in [3.8, 4) is 11.4 Å². The molecule has 0 saturated carbocycles. The summed E-state index contributed by atoms with van der Waals surface area (Å²) in [6.45, 7) is 4.76. The van der Waals surface area contributed by atoms with Gasteiger partial charge in [-0.1, -0.05) is 53.2 Å². The molecule has 1 atom stereocenters. The van der Waals surface area contributed by atoms with Crippen LogP contribution in [0.2, 0.25) is 0 Å². The van der Waals surface area contributed by atoms with Crippen molar-refractivity contribution in [2.75, 3.05) is 11.9 Å². The van der Waals surface area contributed by atoms with Crippen molar-refractivity contribution in [3.05, 3.63) is 58.6 Å². The highest BCUT2D eigenvalue weighted by atomic mass is 79.9. The monoisotopic (exact) mass is 442 g/mol. The number of anilines is 1. The number of carbonyl (C=O) groups excluding carboxylic acids is 1. The number of aromatic nitrogens is 4. The highest BCUT2D eigenvalue weighted by Gasteiger charge is 2.22. The first-order valence-electron chi connectivity index (χ1n) is 9.16. The standard InChI is InChI=1S/C20H23BrN6O/c1-4-12-27(14(2)17-10-5-6-11-18(17)21)20(28)22-16-9-7-8-15(13-16)19-23-24-25-26(19)3/h5-11,13-14H,4,12H2,1-3H3,(H,22,28). The molecule has 0 bridgehead atoms. The van der Waals surface area contributed by atoms with E-state index in [4.69, 9.17) is 0 Å². The summed E-state index contributed by atoms with van der Waals surface area (Å²) in [6.07, 6.45) is 0.868. The third kappa shape index (κ3) is 4.39. The molecule has 2 amide bonds. The molecular formula is C20H23BrN6O. The number of benzene rings is 2. The minimum Gasteiger partial charge on any atom is -0.318 e. The van der Waals surface area contributed by atoms with Crippen molar-refractivity contribution in [3.63, 3.8) is 0 Å². The van der Waals surface area contributed by atoms with E-state index >= 15 is 0 Å². The summed E-state index contributed by atoms with van der Waals surface area (Å²) in [5.74, 6) is 0.642. The summed E-state index contributed by atoms with van der Waals surface area (Å²) in [6, 6.07) is 15.3. The van der Waals surface area contributed by atoms with Crippen LogP contribution in [0.5, 0.6) is 0 Å². The number of halogens is 1. The second-order valence-electron chi connectivity index (χ2n) is 6.53. The molecule has 1 aromatic heterocycles. The maximum Gasteiger partial charge on any atom is 0.322 e. The van der Waals surface area contributed by atoms with Crippen LogP contribution in [0.1, 0.15) is 31.9 Å². The lowest BCUT2D eigenvalue weighted by molar-refractivity contribution is 0.193. The van der Waals surface area contributed by atoms with Gasteiger partial charge in [0.2, 0.25) is 0 Å². The van der Waals surface area contributed by atoms with Crippen molar-refractivity contribution in [1.82, 2.24) is 25.1 Å². The lowest BCUT2D eigenvalue weighted by Crippen LogP contribution is -2.37. The number of rotatable bonds is 6. The average molecular weight is 443 g/mol. The van der Waals surface area contributed by atoms with Crippen LogP contribution in [0, 0.1) is 0 Å². The molecule has 2 aromatic carbocycles. The van der Waals surface area contributed by atoms with Gasteiger partial charge in [-0.15, -0.1) is 5.10 Å². The van der Waals surface area contributed by atoms with E-state index in [9.17, 15) is 4.79 Å². The number of aryl methyl sites for hydroxylation is 1. The van der Waals surface area contributed by atoms with E-state index in [1.807, 2.05) is 60.4 Å². The predicted octanol–water partition coefficient (Wildman–Crippen LogP) is 4.64. The maximum absolute atomic E-state index is 13.0. The molecule has 0 spiro atoms. The van der Waals surface area contributed by atoms with Gasteiger partial charge >= 0.3 is 6.03 Å². The lowest BCUT2D eigenvalue weighted by atomic mass is 10.1. The molecular weight excluding hydrogens is 420 g/mol. The summed E-state index contributed by atoms with van der Waals surface area (Å²) in [5.41, 5.74) is 2.61. The molecule has 0 radical (unpaired) electrons. The van der Waals surface area contributed by atoms with Crippen LogP contribution >= 0.6 is 15.9 Å². The Morgan fingerprint density at radius 2 is 2.04 bits per heavy atom. The van der Waals surface area contributed by atoms with Crippen molar-refractivity contribution in [1.29, 1.82) is 0 Å². The second kappa shape index (κ2) is 8.97. The van der Waals surface area contributed by atoms with Gasteiger partial charge in [0.1, 0.15) is 0 Å². The third-order valence-electron chi connectivity index (χ3n) is 4.54. The van der Waals surface area contributed by atoms with E-state index in [0.717, 1.165) is 22.0 Å². The first-order valence-corrected chi connectivity index (χ1v) is 9.95. The summed E-state index contributed by atoms with van der Waals surface area (Å²) in [4.78, 5) is 14.9. The fourth-order valence-electron chi connectivity index (χ4n) is 3.10. The molecule has 1 heterocycles. The van der Waals surface area contributed by atoms with Gasteiger partial charge in [-0.25, -0.2) is 9.48 Å². The molecule has 1 unspecified atom stereocenters. The molecule has 146 valence electrons. The Balaban J connectivity index is 1.81. The Bertz CT molecular complexity index is 957. The Morgan fingerprint density at radius 1 is 1.25 bits per heavy atom. The topological polar surface area (TPSA) is 75.9 Å². The van der Waals surface area contributed by atoms with E-state index in [0.29, 0.717) is 18.1 Å². The number of urea groups is 1. The molecule has 3 aromatic rings. The molecule has 28 heavy (non-hydrogen) atoms. The van der Waals surface area contributed by atoms with Gasteiger partial charge in [0, 0.05) is 29.3 Å². The normalized spacial score (nSPS) is 11.9. The zero-order valence-electron chi connectivity index (χ0n) is 16.1. The van der Waals surface area contributed by atoms with Gasteiger partial charge in [0.25, 0.3) is 0 Å². The van der Waals surface area contributed by atoms with Crippen LogP contribution in [-0.4, -0.2) is 37.7 Å². The number of carbonyl (C=O) groups is 1. The van der Waals surface area contributed by atoms with Crippen LogP contribution in [0.3, 0.4) is 0 Å².